The molecule has 0 saturated heterocycles. The van der Waals surface area contributed by atoms with Crippen molar-refractivity contribution in [3.8, 4) is 11.1 Å². The lowest BCUT2D eigenvalue weighted by Crippen LogP contribution is -2.21. The number of benzene rings is 5. The van der Waals surface area contributed by atoms with Gasteiger partial charge in [0, 0.05) is 39.1 Å². The van der Waals surface area contributed by atoms with E-state index in [9.17, 15) is 0 Å². The number of hydrogen-bond acceptors (Lipinski definition) is 1. The van der Waals surface area contributed by atoms with Crippen LogP contribution in [0.3, 0.4) is 0 Å². The maximum absolute atomic E-state index is 4.22. The molecule has 1 unspecified atom stereocenters. The van der Waals surface area contributed by atoms with Crippen LogP contribution in [0.2, 0.25) is 0 Å². The lowest BCUT2D eigenvalue weighted by Gasteiger charge is -2.24. The highest BCUT2D eigenvalue weighted by Crippen LogP contribution is 2.36. The van der Waals surface area contributed by atoms with Gasteiger partial charge in [0.1, 0.15) is 0 Å². The summed E-state index contributed by atoms with van der Waals surface area (Å²) >= 11 is 0. The molecular weight excluding hydrogens is 569 g/mol. The van der Waals surface area contributed by atoms with Crippen LogP contribution in [0.5, 0.6) is 0 Å². The Labute approximate surface area is 280 Å². The number of hydrogen-bond donors (Lipinski definition) is 1. The summed E-state index contributed by atoms with van der Waals surface area (Å²) in [7, 11) is 0. The van der Waals surface area contributed by atoms with Crippen LogP contribution in [0.25, 0.3) is 44.1 Å². The van der Waals surface area contributed by atoms with E-state index in [1.807, 2.05) is 18.2 Å². The average molecular weight is 613 g/mol. The first-order valence-corrected chi connectivity index (χ1v) is 16.5. The van der Waals surface area contributed by atoms with Gasteiger partial charge in [0.05, 0.1) is 0 Å². The minimum absolute atomic E-state index is 0.00583. The third-order valence-corrected chi connectivity index (χ3v) is 8.57. The summed E-state index contributed by atoms with van der Waals surface area (Å²) in [5.74, 6) is 0. The highest BCUT2D eigenvalue weighted by atomic mass is 15.0. The lowest BCUT2D eigenvalue weighted by molar-refractivity contribution is 0.423. The van der Waals surface area contributed by atoms with Crippen molar-refractivity contribution < 1.29 is 0 Å². The molecule has 0 aliphatic heterocycles. The van der Waals surface area contributed by atoms with E-state index in [1.54, 1.807) is 0 Å². The molecule has 2 heteroatoms. The largest absolute Gasteiger partial charge is 0.379 e. The molecule has 2 nitrogen and oxygen atoms in total. The molecule has 1 N–H and O–H groups in total. The quantitative estimate of drug-likeness (QED) is 0.152. The van der Waals surface area contributed by atoms with E-state index in [4.69, 9.17) is 0 Å². The molecule has 1 aromatic heterocycles. The lowest BCUT2D eigenvalue weighted by atomic mass is 10.0. The smallest absolute Gasteiger partial charge is 0.0496 e. The zero-order chi connectivity index (χ0) is 32.8. The van der Waals surface area contributed by atoms with Gasteiger partial charge in [-0.05, 0) is 97.8 Å². The van der Waals surface area contributed by atoms with Crippen molar-refractivity contribution in [2.45, 2.75) is 45.7 Å². The molecule has 1 heterocycles. The molecule has 234 valence electrons. The number of nitrogens with one attached hydrogen (secondary N) is 1. The van der Waals surface area contributed by atoms with Gasteiger partial charge in [-0.1, -0.05) is 134 Å². The third-order valence-electron chi connectivity index (χ3n) is 8.57. The summed E-state index contributed by atoms with van der Waals surface area (Å²) in [5, 5.41) is 6.26. The number of allylic oxidation sites excluding steroid dienone is 6. The SMILES string of the molecule is C=C(/C=C\C/C=C(\C=C/C(C)Nc1ccc(-c2ccc3c(c2)c2ccccc2n3C(C)(C)C)cc1)c1ccccc1)c1ccccc1. The fraction of sp³-hybridized carbons (Fsp3) is 0.156. The minimum atomic E-state index is -0.00583. The maximum atomic E-state index is 4.22. The van der Waals surface area contributed by atoms with Crippen LogP contribution in [0.1, 0.15) is 45.2 Å². The van der Waals surface area contributed by atoms with Gasteiger partial charge in [0.15, 0.2) is 0 Å². The molecule has 47 heavy (non-hydrogen) atoms. The molecular formula is C45H44N2. The Hall–Kier alpha value is -5.34. The molecule has 0 radical (unpaired) electrons. The molecule has 0 fully saturated rings. The van der Waals surface area contributed by atoms with Crippen molar-refractivity contribution in [1.82, 2.24) is 4.57 Å². The highest BCUT2D eigenvalue weighted by molar-refractivity contribution is 6.09. The van der Waals surface area contributed by atoms with Crippen LogP contribution in [-0.2, 0) is 5.54 Å². The molecule has 0 bridgehead atoms. The number of anilines is 1. The van der Waals surface area contributed by atoms with Gasteiger partial charge in [0.25, 0.3) is 0 Å². The van der Waals surface area contributed by atoms with E-state index in [0.717, 1.165) is 23.2 Å². The van der Waals surface area contributed by atoms with E-state index in [0.29, 0.717) is 0 Å². The second-order valence-electron chi connectivity index (χ2n) is 13.2. The van der Waals surface area contributed by atoms with Crippen LogP contribution in [-0.4, -0.2) is 10.6 Å². The topological polar surface area (TPSA) is 17.0 Å². The number of para-hydroxylation sites is 1. The summed E-state index contributed by atoms with van der Waals surface area (Å²) in [6, 6.07) is 45.4. The Bertz CT molecular complexity index is 2070. The third kappa shape index (κ3) is 7.39. The molecule has 0 aliphatic rings. The second kappa shape index (κ2) is 14.0. The van der Waals surface area contributed by atoms with Crippen molar-refractivity contribution in [3.63, 3.8) is 0 Å². The Morgan fingerprint density at radius 1 is 0.702 bits per heavy atom. The van der Waals surface area contributed by atoms with Gasteiger partial charge in [-0.3, -0.25) is 0 Å². The maximum Gasteiger partial charge on any atom is 0.0496 e. The van der Waals surface area contributed by atoms with Gasteiger partial charge in [-0.2, -0.15) is 0 Å². The van der Waals surface area contributed by atoms with E-state index in [1.165, 1.54) is 44.1 Å². The van der Waals surface area contributed by atoms with Gasteiger partial charge in [-0.25, -0.2) is 0 Å². The summed E-state index contributed by atoms with van der Waals surface area (Å²) in [5.41, 5.74) is 10.7. The van der Waals surface area contributed by atoms with E-state index in [2.05, 4.69) is 184 Å². The van der Waals surface area contributed by atoms with Crippen LogP contribution in [0.15, 0.2) is 164 Å². The van der Waals surface area contributed by atoms with Gasteiger partial charge < -0.3 is 9.88 Å². The first-order chi connectivity index (χ1) is 22.8. The standard InChI is InChI=1S/C45H44N2/c1-33(35-17-8-6-9-18-35)16-12-13-21-37(36-19-10-7-11-20-36)25-24-34(2)46-40-29-26-38(27-30-40)39-28-31-44-42(32-39)41-22-14-15-23-43(41)47(44)45(3,4)5/h6-12,14-32,34,46H,1,13H2,2-5H3/b16-12-,25-24-,37-21+. The van der Waals surface area contributed by atoms with Gasteiger partial charge >= 0.3 is 0 Å². The number of nitrogens with zero attached hydrogens (tertiary/aromatic N) is 1. The van der Waals surface area contributed by atoms with Crippen LogP contribution in [0, 0.1) is 0 Å². The van der Waals surface area contributed by atoms with Crippen LogP contribution < -0.4 is 5.32 Å². The summed E-state index contributed by atoms with van der Waals surface area (Å²) < 4.78 is 2.46. The first kappa shape index (κ1) is 31.6. The van der Waals surface area contributed by atoms with Crippen molar-refractivity contribution in [2.24, 2.45) is 0 Å². The number of aromatic nitrogens is 1. The summed E-state index contributed by atoms with van der Waals surface area (Å²) in [4.78, 5) is 0. The minimum Gasteiger partial charge on any atom is -0.379 e. The van der Waals surface area contributed by atoms with E-state index in [-0.39, 0.29) is 11.6 Å². The summed E-state index contributed by atoms with van der Waals surface area (Å²) in [6.45, 7) is 13.2. The predicted molar refractivity (Wildman–Crippen MR) is 206 cm³/mol. The molecule has 6 aromatic rings. The second-order valence-corrected chi connectivity index (χ2v) is 13.2. The average Bonchev–Trinajstić information content (AvgIpc) is 3.43. The van der Waals surface area contributed by atoms with Crippen LogP contribution in [0.4, 0.5) is 5.69 Å². The fourth-order valence-electron chi connectivity index (χ4n) is 6.26. The molecule has 0 amide bonds. The van der Waals surface area contributed by atoms with Crippen LogP contribution >= 0.6 is 0 Å². The molecule has 6 rings (SSSR count). The molecule has 0 spiro atoms. The molecule has 0 aliphatic carbocycles. The predicted octanol–water partition coefficient (Wildman–Crippen LogP) is 12.3. The Morgan fingerprint density at radius 3 is 2.02 bits per heavy atom. The Kier molecular flexibility index (Phi) is 9.40. The van der Waals surface area contributed by atoms with Crippen molar-refractivity contribution >= 4 is 38.6 Å². The highest BCUT2D eigenvalue weighted by Gasteiger charge is 2.20. The zero-order valence-corrected chi connectivity index (χ0v) is 27.9. The first-order valence-electron chi connectivity index (χ1n) is 16.5. The van der Waals surface area contributed by atoms with Crippen molar-refractivity contribution in [3.05, 3.63) is 175 Å². The zero-order valence-electron chi connectivity index (χ0n) is 27.9. The molecule has 5 aromatic carbocycles. The normalized spacial score (nSPS) is 13.1. The van der Waals surface area contributed by atoms with Crippen molar-refractivity contribution in [2.75, 3.05) is 5.32 Å². The van der Waals surface area contributed by atoms with Gasteiger partial charge in [0.2, 0.25) is 0 Å². The number of fused-ring (bicyclic) bond motifs is 3. The van der Waals surface area contributed by atoms with E-state index < -0.39 is 0 Å². The number of rotatable bonds is 10. The monoisotopic (exact) mass is 612 g/mol. The Morgan fingerprint density at radius 2 is 1.32 bits per heavy atom. The van der Waals surface area contributed by atoms with Gasteiger partial charge in [-0.15, -0.1) is 0 Å². The van der Waals surface area contributed by atoms with E-state index >= 15 is 0 Å². The fourth-order valence-corrected chi connectivity index (χ4v) is 6.26. The molecule has 1 atom stereocenters. The Balaban J connectivity index is 1.16. The van der Waals surface area contributed by atoms with Crippen molar-refractivity contribution in [1.29, 1.82) is 0 Å². The molecule has 0 saturated carbocycles. The summed E-state index contributed by atoms with van der Waals surface area (Å²) in [6.07, 6.45) is 11.8.